The molecule has 5 heteroatoms. The maximum absolute atomic E-state index is 13.8. The summed E-state index contributed by atoms with van der Waals surface area (Å²) >= 11 is 0. The fourth-order valence-corrected chi connectivity index (χ4v) is 5.90. The summed E-state index contributed by atoms with van der Waals surface area (Å²) in [7, 11) is 1.82. The molecule has 0 aromatic heterocycles. The van der Waals surface area contributed by atoms with Gasteiger partial charge in [0, 0.05) is 35.8 Å². The molecule has 0 fully saturated rings. The second kappa shape index (κ2) is 10.8. The van der Waals surface area contributed by atoms with Gasteiger partial charge < -0.3 is 14.5 Å². The monoisotopic (exact) mass is 522 g/mol. The third-order valence-corrected chi connectivity index (χ3v) is 8.45. The Bertz CT molecular complexity index is 1430. The molecule has 0 N–H and O–H groups in total. The molecular weight excluding hydrogens is 484 g/mol. The molecule has 0 spiro atoms. The van der Waals surface area contributed by atoms with Crippen LogP contribution in [0.5, 0.6) is 5.75 Å². The Kier molecular flexibility index (Phi) is 7.46. The Morgan fingerprint density at radius 3 is 2.38 bits per heavy atom. The maximum Gasteiger partial charge on any atom is 0.231 e. The number of carbonyl (C=O) groups is 2. The Balaban J connectivity index is 1.37. The first-order valence-electron chi connectivity index (χ1n) is 14.0. The number of likely N-dealkylation sites (N-methyl/N-ethyl adjacent to an activating group) is 2. The molecular formula is C34H38N2O3. The zero-order valence-corrected chi connectivity index (χ0v) is 23.7. The van der Waals surface area contributed by atoms with Crippen molar-refractivity contribution in [2.45, 2.75) is 46.0 Å². The first-order chi connectivity index (χ1) is 18.7. The van der Waals surface area contributed by atoms with Gasteiger partial charge >= 0.3 is 0 Å². The third kappa shape index (κ3) is 5.04. The molecule has 5 rings (SSSR count). The fraction of sp³-hybridized carbons (Fsp3) is 0.353. The van der Waals surface area contributed by atoms with Crippen molar-refractivity contribution in [1.29, 1.82) is 0 Å². The number of allylic oxidation sites excluding steroid dienone is 2. The SMILES string of the molecule is CCN(CC)CCOc1ccc2c(c1)C(C)(C)C1=C(C2=O)c2ccc(N(C)C(=O)Cc3ccccc3)cc2C1. The second-order valence-electron chi connectivity index (χ2n) is 11.0. The normalized spacial score (nSPS) is 15.2. The molecule has 3 aromatic rings. The van der Waals surface area contributed by atoms with Gasteiger partial charge in [0.2, 0.25) is 5.91 Å². The van der Waals surface area contributed by atoms with Crippen molar-refractivity contribution in [1.82, 2.24) is 4.90 Å². The highest BCUT2D eigenvalue weighted by Crippen LogP contribution is 2.50. The molecule has 39 heavy (non-hydrogen) atoms. The van der Waals surface area contributed by atoms with E-state index < -0.39 is 0 Å². The molecule has 0 heterocycles. The summed E-state index contributed by atoms with van der Waals surface area (Å²) in [5.74, 6) is 0.922. The maximum atomic E-state index is 13.8. The Morgan fingerprint density at radius 1 is 0.949 bits per heavy atom. The number of ketones is 1. The molecule has 5 nitrogen and oxygen atoms in total. The molecule has 2 aliphatic carbocycles. The van der Waals surface area contributed by atoms with Gasteiger partial charge in [0.15, 0.2) is 5.78 Å². The number of hydrogen-bond acceptors (Lipinski definition) is 4. The molecule has 0 saturated heterocycles. The number of fused-ring (bicyclic) bond motifs is 3. The van der Waals surface area contributed by atoms with Crippen LogP contribution in [0.3, 0.4) is 0 Å². The molecule has 2 aliphatic rings. The van der Waals surface area contributed by atoms with Gasteiger partial charge in [-0.05, 0) is 77.7 Å². The van der Waals surface area contributed by atoms with Crippen molar-refractivity contribution in [2.75, 3.05) is 38.2 Å². The molecule has 0 saturated carbocycles. The second-order valence-corrected chi connectivity index (χ2v) is 11.0. The fourth-order valence-electron chi connectivity index (χ4n) is 5.90. The van der Waals surface area contributed by atoms with Gasteiger partial charge in [-0.25, -0.2) is 0 Å². The number of amides is 1. The van der Waals surface area contributed by atoms with E-state index in [-0.39, 0.29) is 17.1 Å². The predicted molar refractivity (Wildman–Crippen MR) is 158 cm³/mol. The molecule has 3 aromatic carbocycles. The lowest BCUT2D eigenvalue weighted by Gasteiger charge is -2.34. The van der Waals surface area contributed by atoms with Gasteiger partial charge in [-0.1, -0.05) is 64.1 Å². The van der Waals surface area contributed by atoms with Gasteiger partial charge in [0.25, 0.3) is 0 Å². The van der Waals surface area contributed by atoms with E-state index >= 15 is 0 Å². The van der Waals surface area contributed by atoms with E-state index in [9.17, 15) is 9.59 Å². The first kappa shape index (κ1) is 26.9. The Hall–Kier alpha value is -3.70. The number of rotatable bonds is 9. The minimum Gasteiger partial charge on any atom is -0.492 e. The zero-order valence-electron chi connectivity index (χ0n) is 23.7. The van der Waals surface area contributed by atoms with E-state index in [4.69, 9.17) is 4.74 Å². The predicted octanol–water partition coefficient (Wildman–Crippen LogP) is 6.10. The van der Waals surface area contributed by atoms with E-state index in [1.54, 1.807) is 4.90 Å². The number of ether oxygens (including phenoxy) is 1. The van der Waals surface area contributed by atoms with Crippen molar-refractivity contribution < 1.29 is 14.3 Å². The molecule has 202 valence electrons. The van der Waals surface area contributed by atoms with Crippen LogP contribution in [0.15, 0.2) is 72.3 Å². The lowest BCUT2D eigenvalue weighted by molar-refractivity contribution is -0.117. The number of anilines is 1. The standard InChI is InChI=1S/C34H38N2O3/c1-6-36(7-2)17-18-39-26-14-16-28-29(22-26)34(3,4)30-21-24-20-25(13-15-27(24)32(30)33(28)38)35(5)31(37)19-23-11-9-8-10-12-23/h8-16,20,22H,6-7,17-19,21H2,1-5H3. The lowest BCUT2D eigenvalue weighted by Crippen LogP contribution is -2.30. The number of Topliss-reactive ketones (excluding diaryl/α,β-unsaturated/α-hetero) is 1. The summed E-state index contributed by atoms with van der Waals surface area (Å²) in [6.07, 6.45) is 1.05. The Morgan fingerprint density at radius 2 is 1.67 bits per heavy atom. The number of hydrogen-bond donors (Lipinski definition) is 0. The van der Waals surface area contributed by atoms with Gasteiger partial charge in [0.1, 0.15) is 12.4 Å². The third-order valence-electron chi connectivity index (χ3n) is 8.45. The first-order valence-corrected chi connectivity index (χ1v) is 14.0. The molecule has 0 atom stereocenters. The molecule has 0 bridgehead atoms. The van der Waals surface area contributed by atoms with E-state index in [2.05, 4.69) is 44.7 Å². The molecule has 0 aliphatic heterocycles. The van der Waals surface area contributed by atoms with E-state index in [0.717, 1.165) is 70.0 Å². The van der Waals surface area contributed by atoms with Crippen molar-refractivity contribution in [3.05, 3.63) is 100 Å². The van der Waals surface area contributed by atoms with Gasteiger partial charge in [0.05, 0.1) is 6.42 Å². The molecule has 0 radical (unpaired) electrons. The van der Waals surface area contributed by atoms with Crippen molar-refractivity contribution >= 4 is 23.0 Å². The number of nitrogens with zero attached hydrogens (tertiary/aromatic N) is 2. The average Bonchev–Trinajstić information content (AvgIpc) is 3.34. The summed E-state index contributed by atoms with van der Waals surface area (Å²) < 4.78 is 6.11. The molecule has 0 unspecified atom stereocenters. The summed E-state index contributed by atoms with van der Waals surface area (Å²) in [6, 6.07) is 21.8. The van der Waals surface area contributed by atoms with E-state index in [0.29, 0.717) is 19.4 Å². The van der Waals surface area contributed by atoms with Crippen molar-refractivity contribution in [2.24, 2.45) is 0 Å². The van der Waals surface area contributed by atoms with Gasteiger partial charge in [-0.15, -0.1) is 0 Å². The van der Waals surface area contributed by atoms with Crippen LogP contribution in [0.4, 0.5) is 5.69 Å². The highest BCUT2D eigenvalue weighted by atomic mass is 16.5. The van der Waals surface area contributed by atoms with Gasteiger partial charge in [-0.3, -0.25) is 9.59 Å². The van der Waals surface area contributed by atoms with Crippen LogP contribution in [0.1, 0.15) is 60.3 Å². The number of benzene rings is 3. The van der Waals surface area contributed by atoms with E-state index in [1.807, 2.05) is 61.6 Å². The highest BCUT2D eigenvalue weighted by molar-refractivity contribution is 6.33. The van der Waals surface area contributed by atoms with Crippen LogP contribution in [-0.4, -0.2) is 49.9 Å². The number of carbonyl (C=O) groups excluding carboxylic acids is 2. The van der Waals surface area contributed by atoms with Crippen LogP contribution >= 0.6 is 0 Å². The van der Waals surface area contributed by atoms with E-state index in [1.165, 1.54) is 0 Å². The zero-order chi connectivity index (χ0) is 27.7. The average molecular weight is 523 g/mol. The Labute approximate surface area is 232 Å². The summed E-state index contributed by atoms with van der Waals surface area (Å²) in [6.45, 7) is 12.2. The minimum absolute atomic E-state index is 0.0363. The smallest absolute Gasteiger partial charge is 0.231 e. The quantitative estimate of drug-likeness (QED) is 0.341. The van der Waals surface area contributed by atoms with Gasteiger partial charge in [-0.2, -0.15) is 0 Å². The largest absolute Gasteiger partial charge is 0.492 e. The van der Waals surface area contributed by atoms with Crippen LogP contribution in [-0.2, 0) is 23.1 Å². The minimum atomic E-state index is -0.314. The van der Waals surface area contributed by atoms with Crippen molar-refractivity contribution in [3.63, 3.8) is 0 Å². The van der Waals surface area contributed by atoms with Crippen LogP contribution < -0.4 is 9.64 Å². The van der Waals surface area contributed by atoms with Crippen LogP contribution in [0.25, 0.3) is 5.57 Å². The summed E-state index contributed by atoms with van der Waals surface area (Å²) in [5, 5.41) is 0. The molecule has 1 amide bonds. The summed E-state index contributed by atoms with van der Waals surface area (Å²) in [4.78, 5) is 30.8. The lowest BCUT2D eigenvalue weighted by atomic mass is 9.68. The summed E-state index contributed by atoms with van der Waals surface area (Å²) in [5.41, 5.74) is 7.35. The highest BCUT2D eigenvalue weighted by Gasteiger charge is 2.43. The topological polar surface area (TPSA) is 49.9 Å². The van der Waals surface area contributed by atoms with Crippen LogP contribution in [0.2, 0.25) is 0 Å². The van der Waals surface area contributed by atoms with Crippen molar-refractivity contribution in [3.8, 4) is 5.75 Å². The van der Waals surface area contributed by atoms with Crippen LogP contribution in [0, 0.1) is 0 Å².